The fourth-order valence-corrected chi connectivity index (χ4v) is 3.93. The molecule has 0 unspecified atom stereocenters. The van der Waals surface area contributed by atoms with Crippen molar-refractivity contribution in [3.8, 4) is 11.5 Å². The second kappa shape index (κ2) is 7.87. The van der Waals surface area contributed by atoms with E-state index in [2.05, 4.69) is 24.3 Å². The molecule has 144 valence electrons. The Hall–Kier alpha value is -1.75. The smallest absolute Gasteiger partial charge is 0.230 e. The molecule has 3 rings (SSSR count). The van der Waals surface area contributed by atoms with Crippen molar-refractivity contribution in [1.29, 1.82) is 0 Å². The van der Waals surface area contributed by atoms with E-state index in [0.29, 0.717) is 13.2 Å². The van der Waals surface area contributed by atoms with Gasteiger partial charge in [0.1, 0.15) is 13.2 Å². The van der Waals surface area contributed by atoms with E-state index in [0.717, 1.165) is 42.4 Å². The Bertz CT molecular complexity index is 634. The summed E-state index contributed by atoms with van der Waals surface area (Å²) in [7, 11) is 4.26. The van der Waals surface area contributed by atoms with E-state index in [4.69, 9.17) is 9.47 Å². The van der Waals surface area contributed by atoms with E-state index in [9.17, 15) is 4.79 Å². The Kier molecular flexibility index (Phi) is 5.76. The number of nitrogens with zero attached hydrogens (tertiary/aromatic N) is 1. The first-order chi connectivity index (χ1) is 12.4. The van der Waals surface area contributed by atoms with Crippen LogP contribution in [0, 0.1) is 5.92 Å². The Morgan fingerprint density at radius 1 is 1.12 bits per heavy atom. The molecule has 1 aromatic rings. The molecule has 1 aliphatic heterocycles. The average molecular weight is 360 g/mol. The third kappa shape index (κ3) is 4.32. The minimum Gasteiger partial charge on any atom is -0.486 e. The second-order valence-electron chi connectivity index (χ2n) is 8.44. The fourth-order valence-electron chi connectivity index (χ4n) is 3.93. The van der Waals surface area contributed by atoms with Gasteiger partial charge in [0.2, 0.25) is 5.91 Å². The standard InChI is InChI=1S/C21H32N2O3/c1-21(2,16-7-10-18-19(13-16)26-12-11-25-18)20(24)22-17-8-5-15(6-9-17)14-23(3)4/h7,10,13,15,17H,5-6,8-9,11-12,14H2,1-4H3,(H,22,24). The summed E-state index contributed by atoms with van der Waals surface area (Å²) in [5, 5.41) is 3.29. The van der Waals surface area contributed by atoms with Gasteiger partial charge in [0.05, 0.1) is 5.41 Å². The zero-order valence-corrected chi connectivity index (χ0v) is 16.5. The van der Waals surface area contributed by atoms with Gasteiger partial charge >= 0.3 is 0 Å². The van der Waals surface area contributed by atoms with Gasteiger partial charge in [-0.1, -0.05) is 6.07 Å². The molecule has 5 nitrogen and oxygen atoms in total. The third-order valence-electron chi connectivity index (χ3n) is 5.64. The minimum absolute atomic E-state index is 0.0882. The van der Waals surface area contributed by atoms with E-state index in [-0.39, 0.29) is 11.9 Å². The lowest BCUT2D eigenvalue weighted by Gasteiger charge is -2.33. The maximum Gasteiger partial charge on any atom is 0.230 e. The summed E-state index contributed by atoms with van der Waals surface area (Å²) in [6.07, 6.45) is 4.52. The lowest BCUT2D eigenvalue weighted by Crippen LogP contribution is -2.46. The molecule has 1 saturated carbocycles. The summed E-state index contributed by atoms with van der Waals surface area (Å²) < 4.78 is 11.3. The molecule has 2 aliphatic rings. The van der Waals surface area contributed by atoms with Gasteiger partial charge in [0.15, 0.2) is 11.5 Å². The molecule has 0 aromatic heterocycles. The van der Waals surface area contributed by atoms with Crippen LogP contribution in [0.15, 0.2) is 18.2 Å². The first-order valence-corrected chi connectivity index (χ1v) is 9.72. The van der Waals surface area contributed by atoms with Crippen LogP contribution < -0.4 is 14.8 Å². The molecule has 1 aromatic carbocycles. The molecule has 0 bridgehead atoms. The predicted molar refractivity (Wildman–Crippen MR) is 103 cm³/mol. The van der Waals surface area contributed by atoms with E-state index in [1.165, 1.54) is 12.8 Å². The van der Waals surface area contributed by atoms with Crippen LogP contribution in [0.5, 0.6) is 11.5 Å². The first-order valence-electron chi connectivity index (χ1n) is 9.72. The summed E-state index contributed by atoms with van der Waals surface area (Å²) in [5.74, 6) is 2.34. The summed E-state index contributed by atoms with van der Waals surface area (Å²) in [6, 6.07) is 6.12. The number of hydrogen-bond donors (Lipinski definition) is 1. The number of carbonyl (C=O) groups is 1. The molecule has 1 aliphatic carbocycles. The Balaban J connectivity index is 1.60. The van der Waals surface area contributed by atoms with Crippen LogP contribution in [0.4, 0.5) is 0 Å². The largest absolute Gasteiger partial charge is 0.486 e. The zero-order chi connectivity index (χ0) is 18.7. The molecule has 26 heavy (non-hydrogen) atoms. The molecule has 0 spiro atoms. The highest BCUT2D eigenvalue weighted by atomic mass is 16.6. The maximum atomic E-state index is 13.0. The van der Waals surface area contributed by atoms with E-state index in [1.807, 2.05) is 32.0 Å². The third-order valence-corrected chi connectivity index (χ3v) is 5.64. The molecule has 0 saturated heterocycles. The normalized spacial score (nSPS) is 23.0. The zero-order valence-electron chi connectivity index (χ0n) is 16.5. The van der Waals surface area contributed by atoms with Gasteiger partial charge < -0.3 is 19.7 Å². The fraction of sp³-hybridized carbons (Fsp3) is 0.667. The van der Waals surface area contributed by atoms with Gasteiger partial charge in [0, 0.05) is 12.6 Å². The molecular formula is C21H32N2O3. The number of fused-ring (bicyclic) bond motifs is 1. The summed E-state index contributed by atoms with van der Waals surface area (Å²) in [6.45, 7) is 6.23. The average Bonchev–Trinajstić information content (AvgIpc) is 2.62. The molecule has 5 heteroatoms. The molecule has 1 fully saturated rings. The van der Waals surface area contributed by atoms with E-state index >= 15 is 0 Å². The highest BCUT2D eigenvalue weighted by Crippen LogP contribution is 2.35. The molecular weight excluding hydrogens is 328 g/mol. The Morgan fingerprint density at radius 3 is 2.42 bits per heavy atom. The monoisotopic (exact) mass is 360 g/mol. The van der Waals surface area contributed by atoms with Gasteiger partial charge in [0.25, 0.3) is 0 Å². The van der Waals surface area contributed by atoms with Crippen molar-refractivity contribution < 1.29 is 14.3 Å². The van der Waals surface area contributed by atoms with Crippen LogP contribution >= 0.6 is 0 Å². The van der Waals surface area contributed by atoms with Gasteiger partial charge in [-0.3, -0.25) is 4.79 Å². The Morgan fingerprint density at radius 2 is 1.77 bits per heavy atom. The summed E-state index contributed by atoms with van der Waals surface area (Å²) >= 11 is 0. The van der Waals surface area contributed by atoms with Crippen LogP contribution in [0.3, 0.4) is 0 Å². The van der Waals surface area contributed by atoms with Crippen molar-refractivity contribution in [3.05, 3.63) is 23.8 Å². The highest BCUT2D eigenvalue weighted by Gasteiger charge is 2.33. The lowest BCUT2D eigenvalue weighted by molar-refractivity contribution is -0.126. The van der Waals surface area contributed by atoms with Crippen molar-refractivity contribution in [2.24, 2.45) is 5.92 Å². The summed E-state index contributed by atoms with van der Waals surface area (Å²) in [5.41, 5.74) is 0.358. The quantitative estimate of drug-likeness (QED) is 0.877. The minimum atomic E-state index is -0.601. The summed E-state index contributed by atoms with van der Waals surface area (Å²) in [4.78, 5) is 15.2. The van der Waals surface area contributed by atoms with Crippen LogP contribution in [0.25, 0.3) is 0 Å². The number of ether oxygens (including phenoxy) is 2. The van der Waals surface area contributed by atoms with Gasteiger partial charge in [-0.2, -0.15) is 0 Å². The number of hydrogen-bond acceptors (Lipinski definition) is 4. The highest BCUT2D eigenvalue weighted by molar-refractivity contribution is 5.87. The molecule has 0 radical (unpaired) electrons. The number of amides is 1. The number of carbonyl (C=O) groups excluding carboxylic acids is 1. The predicted octanol–water partition coefficient (Wildman–Crippen LogP) is 2.97. The van der Waals surface area contributed by atoms with Crippen LogP contribution in [0.1, 0.15) is 45.1 Å². The van der Waals surface area contributed by atoms with Crippen LogP contribution in [-0.2, 0) is 10.2 Å². The molecule has 1 amide bonds. The van der Waals surface area contributed by atoms with Crippen LogP contribution in [-0.4, -0.2) is 50.7 Å². The number of benzene rings is 1. The van der Waals surface area contributed by atoms with E-state index in [1.54, 1.807) is 0 Å². The van der Waals surface area contributed by atoms with Gasteiger partial charge in [-0.25, -0.2) is 0 Å². The lowest BCUT2D eigenvalue weighted by atomic mass is 9.81. The van der Waals surface area contributed by atoms with Crippen molar-refractivity contribution in [2.75, 3.05) is 33.9 Å². The molecule has 1 heterocycles. The number of nitrogens with one attached hydrogen (secondary N) is 1. The number of rotatable bonds is 5. The van der Waals surface area contributed by atoms with E-state index < -0.39 is 5.41 Å². The SMILES string of the molecule is CN(C)CC1CCC(NC(=O)C(C)(C)c2ccc3c(c2)OCCO3)CC1. The van der Waals surface area contributed by atoms with Crippen molar-refractivity contribution in [2.45, 2.75) is 51.0 Å². The van der Waals surface area contributed by atoms with Crippen molar-refractivity contribution in [3.63, 3.8) is 0 Å². The molecule has 0 atom stereocenters. The molecule has 1 N–H and O–H groups in total. The van der Waals surface area contributed by atoms with Crippen LogP contribution in [0.2, 0.25) is 0 Å². The van der Waals surface area contributed by atoms with Crippen molar-refractivity contribution in [1.82, 2.24) is 10.2 Å². The Labute approximate surface area is 157 Å². The van der Waals surface area contributed by atoms with Crippen molar-refractivity contribution >= 4 is 5.91 Å². The van der Waals surface area contributed by atoms with Gasteiger partial charge in [-0.05, 0) is 77.2 Å². The first kappa shape index (κ1) is 19.0. The maximum absolute atomic E-state index is 13.0. The topological polar surface area (TPSA) is 50.8 Å². The second-order valence-corrected chi connectivity index (χ2v) is 8.44. The van der Waals surface area contributed by atoms with Gasteiger partial charge in [-0.15, -0.1) is 0 Å².